The van der Waals surface area contributed by atoms with E-state index in [0.717, 1.165) is 24.3 Å². The Labute approximate surface area is 129 Å². The van der Waals surface area contributed by atoms with Crippen molar-refractivity contribution in [3.63, 3.8) is 0 Å². The molecule has 1 atom stereocenters. The van der Waals surface area contributed by atoms with Crippen LogP contribution in [0.25, 0.3) is 0 Å². The molecule has 1 aromatic carbocycles. The van der Waals surface area contributed by atoms with Crippen LogP contribution in [0.4, 0.5) is 0 Å². The van der Waals surface area contributed by atoms with Gasteiger partial charge in [0.25, 0.3) is 5.91 Å². The monoisotopic (exact) mass is 320 g/mol. The number of carbonyl (C=O) groups is 1. The summed E-state index contributed by atoms with van der Waals surface area (Å²) in [5.41, 5.74) is 6.29. The summed E-state index contributed by atoms with van der Waals surface area (Å²) in [5, 5.41) is 0.514. The molecule has 0 aromatic heterocycles. The van der Waals surface area contributed by atoms with Crippen LogP contribution in [0.1, 0.15) is 23.2 Å². The summed E-state index contributed by atoms with van der Waals surface area (Å²) in [7, 11) is 0. The van der Waals surface area contributed by atoms with Crippen LogP contribution in [0.2, 0.25) is 5.02 Å². The molecular weight excluding hydrogens is 303 g/mol. The van der Waals surface area contributed by atoms with Gasteiger partial charge in [0.05, 0.1) is 10.6 Å². The number of nitrogens with zero attached hydrogens (tertiary/aromatic N) is 1. The van der Waals surface area contributed by atoms with Gasteiger partial charge in [-0.25, -0.2) is 0 Å². The average Bonchev–Trinajstić information content (AvgIpc) is 2.86. The largest absolute Gasteiger partial charge is 0.334 e. The molecule has 3 nitrogen and oxygen atoms in total. The Morgan fingerprint density at radius 3 is 2.95 bits per heavy atom. The molecule has 0 saturated carbocycles. The number of nitrogens with two attached hydrogens (primary N) is 1. The summed E-state index contributed by atoms with van der Waals surface area (Å²) in [6, 6.07) is 5.73. The first-order valence-electron chi connectivity index (χ1n) is 6.02. The molecule has 1 aliphatic heterocycles. The number of rotatable bonds is 3. The van der Waals surface area contributed by atoms with E-state index in [2.05, 4.69) is 0 Å². The van der Waals surface area contributed by atoms with Crippen LogP contribution in [0.5, 0.6) is 0 Å². The van der Waals surface area contributed by atoms with Gasteiger partial charge < -0.3 is 10.6 Å². The SMILES string of the molecule is CSc1ccc(Cl)c(C(=O)N2CCCC2CN)c1.Cl. The summed E-state index contributed by atoms with van der Waals surface area (Å²) >= 11 is 7.73. The molecule has 0 spiro atoms. The molecule has 19 heavy (non-hydrogen) atoms. The standard InChI is InChI=1S/C13H17ClN2OS.ClH/c1-18-10-4-5-12(14)11(7-10)13(17)16-6-2-3-9(16)8-15;/h4-5,7,9H,2-3,6,8,15H2,1H3;1H. The van der Waals surface area contributed by atoms with E-state index in [1.54, 1.807) is 17.8 Å². The topological polar surface area (TPSA) is 46.3 Å². The fourth-order valence-corrected chi connectivity index (χ4v) is 2.94. The smallest absolute Gasteiger partial charge is 0.255 e. The van der Waals surface area contributed by atoms with E-state index in [0.29, 0.717) is 17.1 Å². The van der Waals surface area contributed by atoms with Gasteiger partial charge in [-0.15, -0.1) is 24.2 Å². The van der Waals surface area contributed by atoms with Crippen LogP contribution < -0.4 is 5.73 Å². The van der Waals surface area contributed by atoms with Crippen molar-refractivity contribution in [3.8, 4) is 0 Å². The zero-order valence-electron chi connectivity index (χ0n) is 10.8. The molecule has 2 N–H and O–H groups in total. The van der Waals surface area contributed by atoms with Gasteiger partial charge in [-0.2, -0.15) is 0 Å². The maximum absolute atomic E-state index is 12.5. The average molecular weight is 321 g/mol. The number of thioether (sulfide) groups is 1. The van der Waals surface area contributed by atoms with Gasteiger partial charge in [-0.3, -0.25) is 4.79 Å². The molecule has 106 valence electrons. The van der Waals surface area contributed by atoms with E-state index in [4.69, 9.17) is 17.3 Å². The highest BCUT2D eigenvalue weighted by atomic mass is 35.5. The normalized spacial score (nSPS) is 18.3. The van der Waals surface area contributed by atoms with Gasteiger partial charge in [0.2, 0.25) is 0 Å². The highest BCUT2D eigenvalue weighted by Crippen LogP contribution is 2.27. The fraction of sp³-hybridized carbons (Fsp3) is 0.462. The number of likely N-dealkylation sites (tertiary alicyclic amines) is 1. The number of benzene rings is 1. The summed E-state index contributed by atoms with van der Waals surface area (Å²) in [4.78, 5) is 15.4. The Morgan fingerprint density at radius 2 is 2.32 bits per heavy atom. The predicted molar refractivity (Wildman–Crippen MR) is 83.6 cm³/mol. The molecule has 1 heterocycles. The summed E-state index contributed by atoms with van der Waals surface area (Å²) in [6.45, 7) is 1.30. The molecule has 1 amide bonds. The Bertz CT molecular complexity index is 456. The molecule has 1 unspecified atom stereocenters. The Hall–Kier alpha value is -0.420. The van der Waals surface area contributed by atoms with Gasteiger partial charge >= 0.3 is 0 Å². The minimum atomic E-state index is 0. The van der Waals surface area contributed by atoms with E-state index in [-0.39, 0.29) is 24.4 Å². The van der Waals surface area contributed by atoms with E-state index < -0.39 is 0 Å². The Morgan fingerprint density at radius 1 is 1.58 bits per heavy atom. The number of amides is 1. The van der Waals surface area contributed by atoms with Gasteiger partial charge in [0.1, 0.15) is 0 Å². The van der Waals surface area contributed by atoms with Crippen molar-refractivity contribution < 1.29 is 4.79 Å². The fourth-order valence-electron chi connectivity index (χ4n) is 2.30. The minimum Gasteiger partial charge on any atom is -0.334 e. The van der Waals surface area contributed by atoms with Crippen LogP contribution >= 0.6 is 35.8 Å². The van der Waals surface area contributed by atoms with Crippen LogP contribution in [0.3, 0.4) is 0 Å². The van der Waals surface area contributed by atoms with Gasteiger partial charge in [0, 0.05) is 24.0 Å². The Balaban J connectivity index is 0.00000180. The first kappa shape index (κ1) is 16.6. The zero-order chi connectivity index (χ0) is 13.1. The third-order valence-electron chi connectivity index (χ3n) is 3.31. The molecule has 0 radical (unpaired) electrons. The molecule has 1 aliphatic rings. The highest BCUT2D eigenvalue weighted by molar-refractivity contribution is 7.98. The van der Waals surface area contributed by atoms with Crippen LogP contribution in [0.15, 0.2) is 23.1 Å². The Kier molecular flexibility index (Phi) is 6.47. The van der Waals surface area contributed by atoms with Gasteiger partial charge in [-0.05, 0) is 37.3 Å². The van der Waals surface area contributed by atoms with Crippen molar-refractivity contribution in [2.75, 3.05) is 19.3 Å². The molecule has 0 bridgehead atoms. The van der Waals surface area contributed by atoms with Crippen molar-refractivity contribution in [2.24, 2.45) is 5.73 Å². The second-order valence-electron chi connectivity index (χ2n) is 4.38. The first-order chi connectivity index (χ1) is 8.67. The van der Waals surface area contributed by atoms with E-state index in [9.17, 15) is 4.79 Å². The summed E-state index contributed by atoms with van der Waals surface area (Å²) < 4.78 is 0. The molecule has 1 aromatic rings. The van der Waals surface area contributed by atoms with E-state index in [1.165, 1.54) is 0 Å². The number of hydrogen-bond donors (Lipinski definition) is 1. The second-order valence-corrected chi connectivity index (χ2v) is 5.66. The first-order valence-corrected chi connectivity index (χ1v) is 7.62. The second kappa shape index (κ2) is 7.39. The maximum Gasteiger partial charge on any atom is 0.255 e. The van der Waals surface area contributed by atoms with Gasteiger partial charge in [-0.1, -0.05) is 11.6 Å². The number of halogens is 2. The van der Waals surface area contributed by atoms with Crippen molar-refractivity contribution in [1.29, 1.82) is 0 Å². The van der Waals surface area contributed by atoms with Crippen molar-refractivity contribution >= 4 is 41.7 Å². The van der Waals surface area contributed by atoms with Crippen molar-refractivity contribution in [3.05, 3.63) is 28.8 Å². The zero-order valence-corrected chi connectivity index (χ0v) is 13.2. The third kappa shape index (κ3) is 3.57. The molecule has 1 fully saturated rings. The lowest BCUT2D eigenvalue weighted by atomic mass is 10.1. The third-order valence-corrected chi connectivity index (χ3v) is 4.37. The van der Waals surface area contributed by atoms with Crippen molar-refractivity contribution in [2.45, 2.75) is 23.8 Å². The lowest BCUT2D eigenvalue weighted by Crippen LogP contribution is -2.40. The molecule has 6 heteroatoms. The van der Waals surface area contributed by atoms with E-state index >= 15 is 0 Å². The van der Waals surface area contributed by atoms with Gasteiger partial charge in [0.15, 0.2) is 0 Å². The molecule has 1 saturated heterocycles. The maximum atomic E-state index is 12.5. The van der Waals surface area contributed by atoms with E-state index in [1.807, 2.05) is 23.3 Å². The quantitative estimate of drug-likeness (QED) is 0.871. The minimum absolute atomic E-state index is 0. The lowest BCUT2D eigenvalue weighted by Gasteiger charge is -2.24. The molecule has 0 aliphatic carbocycles. The van der Waals surface area contributed by atoms with Crippen LogP contribution in [-0.2, 0) is 0 Å². The highest BCUT2D eigenvalue weighted by Gasteiger charge is 2.29. The molecular formula is C13H18Cl2N2OS. The summed E-state index contributed by atoms with van der Waals surface area (Å²) in [6.07, 6.45) is 3.99. The summed E-state index contributed by atoms with van der Waals surface area (Å²) in [5.74, 6) is 0.00356. The number of hydrogen-bond acceptors (Lipinski definition) is 3. The lowest BCUT2D eigenvalue weighted by molar-refractivity contribution is 0.0741. The number of carbonyl (C=O) groups excluding carboxylic acids is 1. The predicted octanol–water partition coefficient (Wildman–Crippen LogP) is 3.05. The van der Waals surface area contributed by atoms with Crippen molar-refractivity contribution in [1.82, 2.24) is 4.90 Å². The van der Waals surface area contributed by atoms with Crippen LogP contribution in [-0.4, -0.2) is 36.2 Å². The van der Waals surface area contributed by atoms with Crippen LogP contribution in [0, 0.1) is 0 Å². The molecule has 2 rings (SSSR count).